The van der Waals surface area contributed by atoms with E-state index in [-0.39, 0.29) is 0 Å². The van der Waals surface area contributed by atoms with Crippen molar-refractivity contribution in [1.29, 1.82) is 0 Å². The molecule has 10 nitrogen and oxygen atoms in total. The fourth-order valence-electron chi connectivity index (χ4n) is 1.85. The molecule has 1 heterocycles. The first-order chi connectivity index (χ1) is 9.62. The van der Waals surface area contributed by atoms with Gasteiger partial charge >= 0.3 is 11.9 Å². The number of esters is 1. The molecule has 0 radical (unpaired) electrons. The van der Waals surface area contributed by atoms with E-state index < -0.39 is 54.9 Å². The van der Waals surface area contributed by atoms with Gasteiger partial charge in [0.25, 0.3) is 0 Å². The molecule has 1 amide bonds. The molecule has 2 unspecified atom stereocenters. The first-order valence-electron chi connectivity index (χ1n) is 6.17. The average molecular weight is 309 g/mol. The minimum Gasteiger partial charge on any atom is -0.404 e. The van der Waals surface area contributed by atoms with Gasteiger partial charge in [0.05, 0.1) is 6.61 Å². The molecule has 0 aromatic rings. The minimum absolute atomic E-state index is 0.705. The molecule has 1 saturated heterocycles. The predicted molar refractivity (Wildman–Crippen MR) is 64.3 cm³/mol. The van der Waals surface area contributed by atoms with E-state index in [0.717, 1.165) is 13.8 Å². The highest BCUT2D eigenvalue weighted by Gasteiger charge is 2.57. The summed E-state index contributed by atoms with van der Waals surface area (Å²) in [6, 6.07) is -1.71. The molecular formula is C11H19NO9. The van der Waals surface area contributed by atoms with Gasteiger partial charge in [-0.05, 0) is 6.92 Å². The topological polar surface area (TPSA) is 166 Å². The van der Waals surface area contributed by atoms with Crippen molar-refractivity contribution in [2.75, 3.05) is 6.61 Å². The summed E-state index contributed by atoms with van der Waals surface area (Å²) in [7, 11) is 0. The van der Waals surface area contributed by atoms with Crippen LogP contribution in [0, 0.1) is 0 Å². The molecule has 21 heavy (non-hydrogen) atoms. The normalized spacial score (nSPS) is 37.7. The second kappa shape index (κ2) is 6.64. The van der Waals surface area contributed by atoms with Crippen molar-refractivity contribution >= 4 is 11.9 Å². The number of amides is 1. The maximum absolute atomic E-state index is 11.4. The summed E-state index contributed by atoms with van der Waals surface area (Å²) >= 11 is 0. The molecule has 0 aliphatic carbocycles. The SMILES string of the molecule is CC(=O)N[C@@H]1[C@@H](O)[C@H](O)[C@@H](CO)OC1(O)OC(=O)C(C)O. The van der Waals surface area contributed by atoms with Crippen LogP contribution >= 0.6 is 0 Å². The zero-order chi connectivity index (χ0) is 16.4. The first kappa shape index (κ1) is 17.8. The van der Waals surface area contributed by atoms with Crippen LogP contribution in [-0.4, -0.2) is 80.4 Å². The predicted octanol–water partition coefficient (Wildman–Crippen LogP) is -3.83. The summed E-state index contributed by atoms with van der Waals surface area (Å²) in [5.41, 5.74) is 0. The minimum atomic E-state index is -2.86. The molecule has 1 fully saturated rings. The number of nitrogens with one attached hydrogen (secondary N) is 1. The summed E-state index contributed by atoms with van der Waals surface area (Å²) in [4.78, 5) is 22.5. The highest BCUT2D eigenvalue weighted by Crippen LogP contribution is 2.29. The van der Waals surface area contributed by atoms with Gasteiger partial charge in [-0.2, -0.15) is 0 Å². The zero-order valence-electron chi connectivity index (χ0n) is 11.5. The summed E-state index contributed by atoms with van der Waals surface area (Å²) in [6.07, 6.45) is -6.49. The van der Waals surface area contributed by atoms with Crippen molar-refractivity contribution in [3.8, 4) is 0 Å². The fraction of sp³-hybridized carbons (Fsp3) is 0.818. The van der Waals surface area contributed by atoms with Crippen molar-refractivity contribution in [3.05, 3.63) is 0 Å². The van der Waals surface area contributed by atoms with Gasteiger partial charge in [0.15, 0.2) is 6.04 Å². The van der Waals surface area contributed by atoms with Gasteiger partial charge in [-0.3, -0.25) is 4.79 Å². The lowest BCUT2D eigenvalue weighted by Crippen LogP contribution is -2.71. The molecule has 0 saturated carbocycles. The third-order valence-corrected chi connectivity index (χ3v) is 2.91. The number of carbonyl (C=O) groups is 2. The average Bonchev–Trinajstić information content (AvgIpc) is 2.38. The Labute approximate surface area is 119 Å². The lowest BCUT2D eigenvalue weighted by atomic mass is 9.95. The lowest BCUT2D eigenvalue weighted by Gasteiger charge is -2.46. The monoisotopic (exact) mass is 309 g/mol. The van der Waals surface area contributed by atoms with Crippen LogP contribution in [0.2, 0.25) is 0 Å². The number of carbonyl (C=O) groups excluding carboxylic acids is 2. The van der Waals surface area contributed by atoms with Crippen LogP contribution in [0.4, 0.5) is 0 Å². The maximum Gasteiger partial charge on any atom is 0.351 e. The van der Waals surface area contributed by atoms with Crippen LogP contribution in [0.15, 0.2) is 0 Å². The Balaban J connectivity index is 3.07. The molecule has 0 aromatic carbocycles. The van der Waals surface area contributed by atoms with Gasteiger partial charge in [-0.15, -0.1) is 0 Å². The van der Waals surface area contributed by atoms with Gasteiger partial charge in [-0.25, -0.2) is 4.79 Å². The number of aliphatic hydroxyl groups is 5. The lowest BCUT2D eigenvalue weighted by molar-refractivity contribution is -0.411. The van der Waals surface area contributed by atoms with Gasteiger partial charge in [-0.1, -0.05) is 0 Å². The van der Waals surface area contributed by atoms with E-state index in [1.165, 1.54) is 0 Å². The second-order valence-corrected chi connectivity index (χ2v) is 4.73. The molecule has 0 spiro atoms. The smallest absolute Gasteiger partial charge is 0.351 e. The molecular weight excluding hydrogens is 290 g/mol. The summed E-state index contributed by atoms with van der Waals surface area (Å²) < 4.78 is 9.42. The van der Waals surface area contributed by atoms with Gasteiger partial charge in [0.2, 0.25) is 5.91 Å². The quantitative estimate of drug-likeness (QED) is 0.225. The summed E-state index contributed by atoms with van der Waals surface area (Å²) in [6.45, 7) is 1.34. The number of hydrogen-bond acceptors (Lipinski definition) is 9. The van der Waals surface area contributed by atoms with Gasteiger partial charge in [0, 0.05) is 6.92 Å². The van der Waals surface area contributed by atoms with Crippen LogP contribution < -0.4 is 5.32 Å². The fourth-order valence-corrected chi connectivity index (χ4v) is 1.85. The first-order valence-corrected chi connectivity index (χ1v) is 6.17. The van der Waals surface area contributed by atoms with Crippen molar-refractivity contribution in [3.63, 3.8) is 0 Å². The van der Waals surface area contributed by atoms with Crippen molar-refractivity contribution in [2.24, 2.45) is 0 Å². The van der Waals surface area contributed by atoms with Crippen LogP contribution in [0.5, 0.6) is 0 Å². The second-order valence-electron chi connectivity index (χ2n) is 4.73. The standard InChI is InChI=1S/C11H19NO9/c1-4(14)10(18)21-11(19)9(12-5(2)15)8(17)7(16)6(3-13)20-11/h4,6-9,13-14,16-17,19H,3H2,1-2H3,(H,12,15)/t4?,6-,7-,8+,9-,11?/m1/s1. The number of aliphatic hydroxyl groups excluding tert-OH is 4. The Hall–Kier alpha value is -1.30. The van der Waals surface area contributed by atoms with E-state index in [0.29, 0.717) is 0 Å². The summed E-state index contributed by atoms with van der Waals surface area (Å²) in [5.74, 6) is -4.84. The van der Waals surface area contributed by atoms with E-state index in [1.54, 1.807) is 0 Å². The van der Waals surface area contributed by atoms with E-state index in [9.17, 15) is 24.9 Å². The Bertz CT molecular complexity index is 401. The molecule has 6 atom stereocenters. The van der Waals surface area contributed by atoms with E-state index >= 15 is 0 Å². The van der Waals surface area contributed by atoms with E-state index in [1.807, 2.05) is 0 Å². The number of rotatable bonds is 4. The third kappa shape index (κ3) is 3.87. The van der Waals surface area contributed by atoms with E-state index in [4.69, 9.17) is 14.9 Å². The van der Waals surface area contributed by atoms with Crippen LogP contribution in [0.25, 0.3) is 0 Å². The Morgan fingerprint density at radius 3 is 2.38 bits per heavy atom. The molecule has 1 rings (SSSR count). The molecule has 0 aromatic heterocycles. The van der Waals surface area contributed by atoms with Crippen LogP contribution in [-0.2, 0) is 19.1 Å². The largest absolute Gasteiger partial charge is 0.404 e. The number of hydrogen-bond donors (Lipinski definition) is 6. The van der Waals surface area contributed by atoms with Crippen molar-refractivity contribution in [2.45, 2.75) is 50.3 Å². The van der Waals surface area contributed by atoms with Crippen molar-refractivity contribution < 1.29 is 44.6 Å². The highest BCUT2D eigenvalue weighted by atomic mass is 16.8. The van der Waals surface area contributed by atoms with E-state index in [2.05, 4.69) is 10.1 Å². The third-order valence-electron chi connectivity index (χ3n) is 2.91. The van der Waals surface area contributed by atoms with Crippen molar-refractivity contribution in [1.82, 2.24) is 5.32 Å². The number of ether oxygens (including phenoxy) is 2. The van der Waals surface area contributed by atoms with Gasteiger partial charge < -0.3 is 40.3 Å². The molecule has 10 heteroatoms. The molecule has 0 bridgehead atoms. The Morgan fingerprint density at radius 2 is 1.95 bits per heavy atom. The maximum atomic E-state index is 11.4. The van der Waals surface area contributed by atoms with Crippen LogP contribution in [0.3, 0.4) is 0 Å². The molecule has 1 aliphatic heterocycles. The Kier molecular flexibility index (Phi) is 5.61. The Morgan fingerprint density at radius 1 is 1.38 bits per heavy atom. The molecule has 6 N–H and O–H groups in total. The molecule has 1 aliphatic rings. The summed E-state index contributed by atoms with van der Waals surface area (Å²) in [5, 5.41) is 50.0. The molecule has 122 valence electrons. The van der Waals surface area contributed by atoms with Gasteiger partial charge in [0.1, 0.15) is 24.4 Å². The van der Waals surface area contributed by atoms with Crippen LogP contribution in [0.1, 0.15) is 13.8 Å². The highest BCUT2D eigenvalue weighted by molar-refractivity contribution is 5.75. The zero-order valence-corrected chi connectivity index (χ0v) is 11.5.